The summed E-state index contributed by atoms with van der Waals surface area (Å²) in [5.74, 6) is 0.850. The number of carbonyl (C=O) groups is 1. The van der Waals surface area contributed by atoms with Crippen molar-refractivity contribution in [2.75, 3.05) is 11.1 Å². The summed E-state index contributed by atoms with van der Waals surface area (Å²) in [4.78, 5) is 12.7. The van der Waals surface area contributed by atoms with Gasteiger partial charge in [-0.1, -0.05) is 78.3 Å². The van der Waals surface area contributed by atoms with Gasteiger partial charge >= 0.3 is 0 Å². The monoisotopic (exact) mass is 462 g/mol. The SMILES string of the molecule is CCc1ccccc1NC(=O)CSc1nnc(-c2ccc(C)cc2)n1-c1ccc(Cl)cc1. The molecule has 0 bridgehead atoms. The van der Waals surface area contributed by atoms with Gasteiger partial charge in [0.1, 0.15) is 0 Å². The van der Waals surface area contributed by atoms with Crippen molar-refractivity contribution in [2.24, 2.45) is 0 Å². The summed E-state index contributed by atoms with van der Waals surface area (Å²) in [6.45, 7) is 4.12. The molecule has 0 saturated carbocycles. The molecule has 0 fully saturated rings. The van der Waals surface area contributed by atoms with Crippen molar-refractivity contribution in [2.45, 2.75) is 25.4 Å². The third-order valence-corrected chi connectivity index (χ3v) is 6.21. The summed E-state index contributed by atoms with van der Waals surface area (Å²) < 4.78 is 1.96. The number of nitrogens with zero attached hydrogens (tertiary/aromatic N) is 3. The van der Waals surface area contributed by atoms with Gasteiger partial charge in [-0.3, -0.25) is 9.36 Å². The first-order valence-corrected chi connectivity index (χ1v) is 11.7. The summed E-state index contributed by atoms with van der Waals surface area (Å²) in [5.41, 5.74) is 4.96. The van der Waals surface area contributed by atoms with E-state index >= 15 is 0 Å². The average molecular weight is 463 g/mol. The van der Waals surface area contributed by atoms with E-state index in [0.717, 1.165) is 28.9 Å². The summed E-state index contributed by atoms with van der Waals surface area (Å²) >= 11 is 7.44. The van der Waals surface area contributed by atoms with Gasteiger partial charge in [-0.15, -0.1) is 10.2 Å². The van der Waals surface area contributed by atoms with Crippen molar-refractivity contribution >= 4 is 35.0 Å². The molecule has 1 N–H and O–H groups in total. The number of carbonyl (C=O) groups excluding carboxylic acids is 1. The van der Waals surface area contributed by atoms with Crippen molar-refractivity contribution in [1.82, 2.24) is 14.8 Å². The molecular formula is C25H23ClN4OS. The molecule has 0 aliphatic heterocycles. The van der Waals surface area contributed by atoms with Crippen LogP contribution in [0.25, 0.3) is 17.1 Å². The molecule has 0 saturated heterocycles. The van der Waals surface area contributed by atoms with Crippen LogP contribution in [0.4, 0.5) is 5.69 Å². The topological polar surface area (TPSA) is 59.8 Å². The third kappa shape index (κ3) is 5.03. The Bertz CT molecular complexity index is 1220. The van der Waals surface area contributed by atoms with Gasteiger partial charge in [0.15, 0.2) is 11.0 Å². The Morgan fingerprint density at radius 3 is 2.44 bits per heavy atom. The van der Waals surface area contributed by atoms with Crippen molar-refractivity contribution in [3.05, 3.63) is 88.9 Å². The van der Waals surface area contributed by atoms with Gasteiger partial charge in [-0.2, -0.15) is 0 Å². The maximum Gasteiger partial charge on any atom is 0.234 e. The summed E-state index contributed by atoms with van der Waals surface area (Å²) in [7, 11) is 0. The van der Waals surface area contributed by atoms with E-state index in [1.54, 1.807) is 0 Å². The number of benzene rings is 3. The van der Waals surface area contributed by atoms with Gasteiger partial charge in [0.2, 0.25) is 5.91 Å². The number of anilines is 1. The van der Waals surface area contributed by atoms with Crippen molar-refractivity contribution in [1.29, 1.82) is 0 Å². The van der Waals surface area contributed by atoms with E-state index in [4.69, 9.17) is 11.6 Å². The minimum absolute atomic E-state index is 0.0848. The predicted molar refractivity (Wildman–Crippen MR) is 132 cm³/mol. The van der Waals surface area contributed by atoms with E-state index in [2.05, 4.69) is 22.4 Å². The lowest BCUT2D eigenvalue weighted by Crippen LogP contribution is -2.15. The second kappa shape index (κ2) is 10.0. The van der Waals surface area contributed by atoms with Gasteiger partial charge < -0.3 is 5.32 Å². The predicted octanol–water partition coefficient (Wildman–Crippen LogP) is 6.19. The van der Waals surface area contributed by atoms with Gasteiger partial charge in [-0.05, 0) is 49.2 Å². The first-order chi connectivity index (χ1) is 15.5. The molecular weight excluding hydrogens is 440 g/mol. The number of hydrogen-bond donors (Lipinski definition) is 1. The van der Waals surface area contributed by atoms with E-state index in [1.165, 1.54) is 17.3 Å². The fourth-order valence-corrected chi connectivity index (χ4v) is 4.22. The average Bonchev–Trinajstić information content (AvgIpc) is 3.23. The minimum atomic E-state index is -0.0848. The number of halogens is 1. The van der Waals surface area contributed by atoms with Crippen LogP contribution in [0.3, 0.4) is 0 Å². The summed E-state index contributed by atoms with van der Waals surface area (Å²) in [6.07, 6.45) is 0.856. The molecule has 1 amide bonds. The number of aromatic nitrogens is 3. The second-order valence-corrected chi connectivity index (χ2v) is 8.71. The summed E-state index contributed by atoms with van der Waals surface area (Å²) in [5, 5.41) is 13.1. The zero-order valence-electron chi connectivity index (χ0n) is 17.9. The van der Waals surface area contributed by atoms with Gasteiger partial charge in [0.05, 0.1) is 5.75 Å². The Hall–Kier alpha value is -3.09. The third-order valence-electron chi connectivity index (χ3n) is 5.03. The molecule has 4 aromatic rings. The highest BCUT2D eigenvalue weighted by molar-refractivity contribution is 7.99. The number of aryl methyl sites for hydroxylation is 2. The molecule has 7 heteroatoms. The van der Waals surface area contributed by atoms with Crippen LogP contribution < -0.4 is 5.32 Å². The van der Waals surface area contributed by atoms with Crippen LogP contribution in [0.1, 0.15) is 18.1 Å². The van der Waals surface area contributed by atoms with Crippen LogP contribution in [-0.2, 0) is 11.2 Å². The molecule has 0 unspecified atom stereocenters. The smallest absolute Gasteiger partial charge is 0.234 e. The fraction of sp³-hybridized carbons (Fsp3) is 0.160. The van der Waals surface area contributed by atoms with E-state index in [9.17, 15) is 4.79 Å². The van der Waals surface area contributed by atoms with Crippen LogP contribution in [0.2, 0.25) is 5.02 Å². The normalized spacial score (nSPS) is 10.8. The standard InChI is InChI=1S/C25H23ClN4OS/c1-3-18-6-4-5-7-22(18)27-23(31)16-32-25-29-28-24(19-10-8-17(2)9-11-19)30(25)21-14-12-20(26)13-15-21/h4-15H,3,16H2,1-2H3,(H,27,31). The molecule has 1 aromatic heterocycles. The van der Waals surface area contributed by atoms with Gasteiger partial charge in [0, 0.05) is 22.0 Å². The van der Waals surface area contributed by atoms with E-state index in [0.29, 0.717) is 16.0 Å². The zero-order valence-corrected chi connectivity index (χ0v) is 19.5. The number of nitrogens with one attached hydrogen (secondary N) is 1. The number of para-hydroxylation sites is 1. The molecule has 0 aliphatic rings. The van der Waals surface area contributed by atoms with Crippen molar-refractivity contribution in [3.8, 4) is 17.1 Å². The van der Waals surface area contributed by atoms with Crippen LogP contribution in [-0.4, -0.2) is 26.4 Å². The molecule has 0 aliphatic carbocycles. The number of hydrogen-bond acceptors (Lipinski definition) is 4. The number of rotatable bonds is 7. The maximum absolute atomic E-state index is 12.7. The lowest BCUT2D eigenvalue weighted by Gasteiger charge is -2.12. The Balaban J connectivity index is 1.60. The molecule has 4 rings (SSSR count). The molecule has 0 spiro atoms. The second-order valence-electron chi connectivity index (χ2n) is 7.33. The first kappa shape index (κ1) is 22.1. The van der Waals surface area contributed by atoms with Crippen molar-refractivity contribution in [3.63, 3.8) is 0 Å². The lowest BCUT2D eigenvalue weighted by molar-refractivity contribution is -0.113. The first-order valence-electron chi connectivity index (χ1n) is 10.3. The lowest BCUT2D eigenvalue weighted by atomic mass is 10.1. The maximum atomic E-state index is 12.7. The Kier molecular flexibility index (Phi) is 6.93. The molecule has 162 valence electrons. The van der Waals surface area contributed by atoms with Crippen molar-refractivity contribution < 1.29 is 4.79 Å². The Morgan fingerprint density at radius 2 is 1.72 bits per heavy atom. The largest absolute Gasteiger partial charge is 0.325 e. The molecule has 5 nitrogen and oxygen atoms in total. The highest BCUT2D eigenvalue weighted by atomic mass is 35.5. The fourth-order valence-electron chi connectivity index (χ4n) is 3.34. The van der Waals surface area contributed by atoms with Gasteiger partial charge in [0.25, 0.3) is 0 Å². The highest BCUT2D eigenvalue weighted by Crippen LogP contribution is 2.29. The Labute approximate surface area is 196 Å². The molecule has 0 atom stereocenters. The minimum Gasteiger partial charge on any atom is -0.325 e. The van der Waals surface area contributed by atoms with E-state index < -0.39 is 0 Å². The van der Waals surface area contributed by atoms with Crippen LogP contribution in [0.15, 0.2) is 78.0 Å². The van der Waals surface area contributed by atoms with E-state index in [1.807, 2.05) is 84.3 Å². The Morgan fingerprint density at radius 1 is 1.00 bits per heavy atom. The molecule has 3 aromatic carbocycles. The van der Waals surface area contributed by atoms with Crippen LogP contribution in [0, 0.1) is 6.92 Å². The molecule has 0 radical (unpaired) electrons. The summed E-state index contributed by atoms with van der Waals surface area (Å²) in [6, 6.07) is 23.5. The van der Waals surface area contributed by atoms with E-state index in [-0.39, 0.29) is 11.7 Å². The molecule has 32 heavy (non-hydrogen) atoms. The van der Waals surface area contributed by atoms with Crippen LogP contribution >= 0.6 is 23.4 Å². The molecule has 1 heterocycles. The van der Waals surface area contributed by atoms with Gasteiger partial charge in [-0.25, -0.2) is 0 Å². The number of amides is 1. The number of thioether (sulfide) groups is 1. The van der Waals surface area contributed by atoms with Crippen LogP contribution in [0.5, 0.6) is 0 Å². The quantitative estimate of drug-likeness (QED) is 0.333. The highest BCUT2D eigenvalue weighted by Gasteiger charge is 2.17. The zero-order chi connectivity index (χ0) is 22.5.